The van der Waals surface area contributed by atoms with Gasteiger partial charge in [-0.05, 0) is 38.1 Å². The van der Waals surface area contributed by atoms with Crippen molar-refractivity contribution in [2.24, 2.45) is 10.7 Å². The second-order valence-electron chi connectivity index (χ2n) is 5.69. The second kappa shape index (κ2) is 9.40. The first kappa shape index (κ1) is 20.0. The fourth-order valence-corrected chi connectivity index (χ4v) is 2.73. The molecule has 2 rings (SSSR count). The maximum absolute atomic E-state index is 6.26. The number of anilines is 1. The number of hydrogen-bond donors (Lipinski definition) is 3. The van der Waals surface area contributed by atoms with Crippen molar-refractivity contribution in [3.8, 4) is 11.4 Å². The van der Waals surface area contributed by atoms with Gasteiger partial charge in [-0.1, -0.05) is 23.2 Å². The molecule has 0 aliphatic heterocycles. The summed E-state index contributed by atoms with van der Waals surface area (Å²) in [7, 11) is 1.71. The standard InChI is InChI=1S/C18H22Cl2N6/c1-11(21)8-16(22-3)23-6-7-24-17-9-12(2)25-18(26-17)14-5-4-13(19)10-15(14)20/h4-5,8-10H,6-7,21H2,1-3H3,(H,22,23)(H,24,25,26). The van der Waals surface area contributed by atoms with Crippen LogP contribution >= 0.6 is 23.2 Å². The number of rotatable bonds is 6. The normalized spacial score (nSPS) is 12.2. The zero-order chi connectivity index (χ0) is 19.1. The average molecular weight is 393 g/mol. The Morgan fingerprint density at radius 3 is 2.65 bits per heavy atom. The summed E-state index contributed by atoms with van der Waals surface area (Å²) >= 11 is 12.2. The summed E-state index contributed by atoms with van der Waals surface area (Å²) in [5.74, 6) is 2.01. The van der Waals surface area contributed by atoms with Crippen LogP contribution in [0, 0.1) is 6.92 Å². The molecule has 1 heterocycles. The average Bonchev–Trinajstić information content (AvgIpc) is 2.56. The molecular weight excluding hydrogens is 371 g/mol. The number of amidine groups is 1. The number of aryl methyl sites for hydroxylation is 1. The van der Waals surface area contributed by atoms with Crippen LogP contribution in [-0.4, -0.2) is 35.9 Å². The van der Waals surface area contributed by atoms with Crippen molar-refractivity contribution in [2.75, 3.05) is 25.5 Å². The Hall–Kier alpha value is -2.31. The molecule has 0 amide bonds. The van der Waals surface area contributed by atoms with E-state index in [9.17, 15) is 0 Å². The number of nitrogens with zero attached hydrogens (tertiary/aromatic N) is 3. The van der Waals surface area contributed by atoms with E-state index in [2.05, 4.69) is 25.6 Å². The van der Waals surface area contributed by atoms with Crippen LogP contribution in [0.4, 0.5) is 5.82 Å². The number of hydrogen-bond acceptors (Lipinski definition) is 5. The molecule has 8 heteroatoms. The molecule has 0 saturated heterocycles. The molecule has 0 atom stereocenters. The van der Waals surface area contributed by atoms with E-state index >= 15 is 0 Å². The predicted molar refractivity (Wildman–Crippen MR) is 110 cm³/mol. The molecule has 6 nitrogen and oxygen atoms in total. The first-order chi connectivity index (χ1) is 12.4. The van der Waals surface area contributed by atoms with E-state index in [-0.39, 0.29) is 0 Å². The summed E-state index contributed by atoms with van der Waals surface area (Å²) in [4.78, 5) is 13.1. The molecule has 0 saturated carbocycles. The van der Waals surface area contributed by atoms with Crippen LogP contribution in [-0.2, 0) is 0 Å². The van der Waals surface area contributed by atoms with Gasteiger partial charge in [0.1, 0.15) is 11.7 Å². The van der Waals surface area contributed by atoms with E-state index < -0.39 is 0 Å². The maximum Gasteiger partial charge on any atom is 0.163 e. The quantitative estimate of drug-likeness (QED) is 0.396. The Balaban J connectivity index is 2.05. The van der Waals surface area contributed by atoms with E-state index in [1.807, 2.05) is 26.0 Å². The number of aromatic nitrogens is 2. The lowest BCUT2D eigenvalue weighted by atomic mass is 10.2. The summed E-state index contributed by atoms with van der Waals surface area (Å²) in [5, 5.41) is 7.56. The van der Waals surface area contributed by atoms with E-state index in [4.69, 9.17) is 28.9 Å². The number of aliphatic imine (C=N–C) groups is 1. The molecule has 0 radical (unpaired) electrons. The van der Waals surface area contributed by atoms with Crippen molar-refractivity contribution in [1.82, 2.24) is 15.3 Å². The molecule has 138 valence electrons. The minimum Gasteiger partial charge on any atom is -0.402 e. The van der Waals surface area contributed by atoms with Gasteiger partial charge in [0.25, 0.3) is 0 Å². The van der Waals surface area contributed by atoms with E-state index in [0.717, 1.165) is 22.9 Å². The third-order valence-corrected chi connectivity index (χ3v) is 3.92. The highest BCUT2D eigenvalue weighted by Crippen LogP contribution is 2.28. The van der Waals surface area contributed by atoms with E-state index in [1.54, 1.807) is 25.3 Å². The van der Waals surface area contributed by atoms with Crippen molar-refractivity contribution in [1.29, 1.82) is 0 Å². The topological polar surface area (TPSA) is 88.2 Å². The minimum atomic E-state index is 0.517. The third kappa shape index (κ3) is 5.89. The van der Waals surface area contributed by atoms with Gasteiger partial charge in [-0.25, -0.2) is 9.97 Å². The molecule has 0 aliphatic rings. The molecule has 4 N–H and O–H groups in total. The van der Waals surface area contributed by atoms with E-state index in [1.165, 1.54) is 0 Å². The first-order valence-electron chi connectivity index (χ1n) is 8.08. The Kier molecular flexibility index (Phi) is 7.24. The molecule has 1 aromatic heterocycles. The monoisotopic (exact) mass is 392 g/mol. The highest BCUT2D eigenvalue weighted by molar-refractivity contribution is 6.36. The van der Waals surface area contributed by atoms with Gasteiger partial charge in [0, 0.05) is 48.2 Å². The lowest BCUT2D eigenvalue weighted by molar-refractivity contribution is 0.899. The lowest BCUT2D eigenvalue weighted by Crippen LogP contribution is -2.28. The molecule has 26 heavy (non-hydrogen) atoms. The summed E-state index contributed by atoms with van der Waals surface area (Å²) in [6.07, 6.45) is 1.79. The van der Waals surface area contributed by atoms with Gasteiger partial charge >= 0.3 is 0 Å². The Morgan fingerprint density at radius 2 is 2.00 bits per heavy atom. The van der Waals surface area contributed by atoms with Crippen LogP contribution in [0.3, 0.4) is 0 Å². The van der Waals surface area contributed by atoms with Gasteiger partial charge in [0.15, 0.2) is 5.82 Å². The molecule has 1 aromatic carbocycles. The summed E-state index contributed by atoms with van der Waals surface area (Å²) in [6.45, 7) is 5.05. The van der Waals surface area contributed by atoms with Crippen molar-refractivity contribution in [3.63, 3.8) is 0 Å². The largest absolute Gasteiger partial charge is 0.402 e. The van der Waals surface area contributed by atoms with Crippen LogP contribution in [0.1, 0.15) is 12.6 Å². The van der Waals surface area contributed by atoms with Gasteiger partial charge in [-0.2, -0.15) is 0 Å². The zero-order valence-electron chi connectivity index (χ0n) is 15.0. The molecule has 0 aliphatic carbocycles. The van der Waals surface area contributed by atoms with E-state index in [0.29, 0.717) is 34.7 Å². The maximum atomic E-state index is 6.26. The summed E-state index contributed by atoms with van der Waals surface area (Å²) in [5.41, 5.74) is 7.94. The van der Waals surface area contributed by atoms with Crippen LogP contribution in [0.15, 0.2) is 41.0 Å². The van der Waals surface area contributed by atoms with Crippen LogP contribution in [0.25, 0.3) is 11.4 Å². The zero-order valence-corrected chi connectivity index (χ0v) is 16.5. The van der Waals surface area contributed by atoms with Crippen LogP contribution in [0.2, 0.25) is 10.0 Å². The van der Waals surface area contributed by atoms with Gasteiger partial charge < -0.3 is 16.4 Å². The summed E-state index contributed by atoms with van der Waals surface area (Å²) in [6, 6.07) is 7.14. The van der Waals surface area contributed by atoms with Crippen molar-refractivity contribution < 1.29 is 0 Å². The number of halogens is 2. The van der Waals surface area contributed by atoms with Crippen molar-refractivity contribution >= 4 is 34.9 Å². The fourth-order valence-electron chi connectivity index (χ4n) is 2.24. The van der Waals surface area contributed by atoms with Gasteiger partial charge in [0.05, 0.1) is 5.02 Å². The lowest BCUT2D eigenvalue weighted by Gasteiger charge is -2.11. The summed E-state index contributed by atoms with van der Waals surface area (Å²) < 4.78 is 0. The molecular formula is C18H22Cl2N6. The molecule has 0 bridgehead atoms. The first-order valence-corrected chi connectivity index (χ1v) is 8.84. The third-order valence-electron chi connectivity index (χ3n) is 3.37. The highest BCUT2D eigenvalue weighted by atomic mass is 35.5. The van der Waals surface area contributed by atoms with Crippen molar-refractivity contribution in [2.45, 2.75) is 13.8 Å². The highest BCUT2D eigenvalue weighted by Gasteiger charge is 2.09. The number of nitrogens with two attached hydrogens (primary N) is 1. The van der Waals surface area contributed by atoms with Gasteiger partial charge in [-0.3, -0.25) is 4.99 Å². The number of benzene rings is 1. The Labute approximate surface area is 163 Å². The minimum absolute atomic E-state index is 0.517. The van der Waals surface area contributed by atoms with Gasteiger partial charge in [0.2, 0.25) is 0 Å². The van der Waals surface area contributed by atoms with Gasteiger partial charge in [-0.15, -0.1) is 0 Å². The predicted octanol–water partition coefficient (Wildman–Crippen LogP) is 3.65. The smallest absolute Gasteiger partial charge is 0.163 e. The molecule has 2 aromatic rings. The number of allylic oxidation sites excluding steroid dienone is 1. The number of nitrogens with one attached hydrogen (secondary N) is 2. The Bertz CT molecular complexity index is 828. The molecule has 0 spiro atoms. The van der Waals surface area contributed by atoms with Crippen molar-refractivity contribution in [3.05, 3.63) is 51.8 Å². The SMILES string of the molecule is CN=C(C=C(C)N)NCCNc1cc(C)nc(-c2ccc(Cl)cc2Cl)n1. The second-order valence-corrected chi connectivity index (χ2v) is 6.54. The van der Waals surface area contributed by atoms with Crippen LogP contribution in [0.5, 0.6) is 0 Å². The molecule has 0 unspecified atom stereocenters. The Morgan fingerprint density at radius 1 is 1.23 bits per heavy atom. The fraction of sp³-hybridized carbons (Fsp3) is 0.278. The van der Waals surface area contributed by atoms with Crippen LogP contribution < -0.4 is 16.4 Å². The molecule has 0 fully saturated rings.